The Morgan fingerprint density at radius 2 is 2.25 bits per heavy atom. The molecule has 0 radical (unpaired) electrons. The summed E-state index contributed by atoms with van der Waals surface area (Å²) in [6.07, 6.45) is 7.04. The first-order valence-electron chi connectivity index (χ1n) is 7.79. The van der Waals surface area contributed by atoms with E-state index in [4.69, 9.17) is 4.74 Å². The van der Waals surface area contributed by atoms with Crippen LogP contribution in [0.15, 0.2) is 18.2 Å². The van der Waals surface area contributed by atoms with Crippen molar-refractivity contribution in [3.8, 4) is 0 Å². The smallest absolute Gasteiger partial charge is 0.123 e. The molecule has 2 fully saturated rings. The lowest BCUT2D eigenvalue weighted by Gasteiger charge is -2.47. The van der Waals surface area contributed by atoms with Crippen LogP contribution in [0, 0.1) is 12.7 Å². The first kappa shape index (κ1) is 14.0. The molecule has 1 aromatic carbocycles. The largest absolute Gasteiger partial charge is 0.375 e. The van der Waals surface area contributed by atoms with Crippen LogP contribution in [0.25, 0.3) is 0 Å². The SMILES string of the molecule is Cc1cc(F)ccc1CCNC1CCOC2(CCC2)C1. The number of nitrogens with one attached hydrogen (secondary N) is 1. The Bertz CT molecular complexity index is 470. The zero-order valence-corrected chi connectivity index (χ0v) is 12.3. The molecule has 2 nitrogen and oxygen atoms in total. The average molecular weight is 277 g/mol. The lowest BCUT2D eigenvalue weighted by atomic mass is 9.74. The number of hydrogen-bond donors (Lipinski definition) is 1. The maximum atomic E-state index is 13.1. The Balaban J connectivity index is 1.47. The van der Waals surface area contributed by atoms with E-state index in [1.165, 1.54) is 24.8 Å². The van der Waals surface area contributed by atoms with Gasteiger partial charge in [-0.3, -0.25) is 0 Å². The molecule has 0 amide bonds. The summed E-state index contributed by atoms with van der Waals surface area (Å²) in [7, 11) is 0. The zero-order valence-electron chi connectivity index (χ0n) is 12.3. The molecule has 1 heterocycles. The third kappa shape index (κ3) is 3.04. The van der Waals surface area contributed by atoms with Gasteiger partial charge in [0.05, 0.1) is 5.60 Å². The first-order chi connectivity index (χ1) is 9.67. The van der Waals surface area contributed by atoms with Gasteiger partial charge in [0.15, 0.2) is 0 Å². The first-order valence-corrected chi connectivity index (χ1v) is 7.79. The molecule has 0 aromatic heterocycles. The minimum Gasteiger partial charge on any atom is -0.375 e. The minimum atomic E-state index is -0.143. The molecular weight excluding hydrogens is 253 g/mol. The number of hydrogen-bond acceptors (Lipinski definition) is 2. The second kappa shape index (κ2) is 5.82. The van der Waals surface area contributed by atoms with Crippen molar-refractivity contribution in [3.63, 3.8) is 0 Å². The molecule has 1 saturated heterocycles. The van der Waals surface area contributed by atoms with Crippen molar-refractivity contribution in [2.45, 2.75) is 57.1 Å². The van der Waals surface area contributed by atoms with E-state index in [0.717, 1.165) is 38.0 Å². The highest BCUT2D eigenvalue weighted by Crippen LogP contribution is 2.42. The number of rotatable bonds is 4. The minimum absolute atomic E-state index is 0.143. The Hall–Kier alpha value is -0.930. The van der Waals surface area contributed by atoms with Crippen LogP contribution >= 0.6 is 0 Å². The number of aryl methyl sites for hydroxylation is 1. The Morgan fingerprint density at radius 1 is 1.40 bits per heavy atom. The third-order valence-corrected chi connectivity index (χ3v) is 4.89. The fourth-order valence-corrected chi connectivity index (χ4v) is 3.47. The second-order valence-corrected chi connectivity index (χ2v) is 6.35. The van der Waals surface area contributed by atoms with E-state index in [1.807, 2.05) is 13.0 Å². The third-order valence-electron chi connectivity index (χ3n) is 4.89. The van der Waals surface area contributed by atoms with Crippen LogP contribution in [0.5, 0.6) is 0 Å². The molecule has 20 heavy (non-hydrogen) atoms. The van der Waals surface area contributed by atoms with Crippen LogP contribution < -0.4 is 5.32 Å². The van der Waals surface area contributed by atoms with Crippen LogP contribution in [0.4, 0.5) is 4.39 Å². The van der Waals surface area contributed by atoms with Crippen LogP contribution in [-0.2, 0) is 11.2 Å². The molecule has 1 unspecified atom stereocenters. The van der Waals surface area contributed by atoms with Crippen molar-refractivity contribution in [1.82, 2.24) is 5.32 Å². The fourth-order valence-electron chi connectivity index (χ4n) is 3.47. The molecule has 1 N–H and O–H groups in total. The Labute approximate surface area is 120 Å². The van der Waals surface area contributed by atoms with Crippen LogP contribution in [0.1, 0.15) is 43.2 Å². The standard InChI is InChI=1S/C17H24FNO/c1-13-11-15(18)4-3-14(13)5-9-19-16-6-10-20-17(12-16)7-2-8-17/h3-4,11,16,19H,2,5-10,12H2,1H3. The van der Waals surface area contributed by atoms with E-state index in [2.05, 4.69) is 5.32 Å². The predicted molar refractivity (Wildman–Crippen MR) is 78.4 cm³/mol. The summed E-state index contributed by atoms with van der Waals surface area (Å²) in [5.74, 6) is -0.143. The summed E-state index contributed by atoms with van der Waals surface area (Å²) in [6.45, 7) is 3.84. The summed E-state index contributed by atoms with van der Waals surface area (Å²) in [5, 5.41) is 3.66. The molecule has 0 bridgehead atoms. The molecule has 1 aromatic rings. The molecule has 1 atom stereocenters. The van der Waals surface area contributed by atoms with Gasteiger partial charge in [-0.1, -0.05) is 6.07 Å². The van der Waals surface area contributed by atoms with Crippen molar-refractivity contribution in [2.24, 2.45) is 0 Å². The van der Waals surface area contributed by atoms with Gasteiger partial charge >= 0.3 is 0 Å². The van der Waals surface area contributed by atoms with E-state index >= 15 is 0 Å². The molecular formula is C17H24FNO. The molecule has 110 valence electrons. The van der Waals surface area contributed by atoms with Crippen molar-refractivity contribution in [2.75, 3.05) is 13.2 Å². The van der Waals surface area contributed by atoms with Gasteiger partial charge in [-0.05, 0) is 75.3 Å². The molecule has 1 spiro atoms. The maximum absolute atomic E-state index is 13.1. The van der Waals surface area contributed by atoms with Crippen LogP contribution in [0.2, 0.25) is 0 Å². The monoisotopic (exact) mass is 277 g/mol. The quantitative estimate of drug-likeness (QED) is 0.911. The van der Waals surface area contributed by atoms with Crippen molar-refractivity contribution in [3.05, 3.63) is 35.1 Å². The number of benzene rings is 1. The predicted octanol–water partition coefficient (Wildman–Crippen LogP) is 3.37. The zero-order chi connectivity index (χ0) is 14.0. The topological polar surface area (TPSA) is 21.3 Å². The van der Waals surface area contributed by atoms with E-state index in [0.29, 0.717) is 6.04 Å². The van der Waals surface area contributed by atoms with Gasteiger partial charge in [-0.2, -0.15) is 0 Å². The summed E-state index contributed by atoms with van der Waals surface area (Å²) >= 11 is 0. The van der Waals surface area contributed by atoms with Gasteiger partial charge in [0.2, 0.25) is 0 Å². The molecule has 1 saturated carbocycles. The lowest BCUT2D eigenvalue weighted by molar-refractivity contribution is -0.135. The number of ether oxygens (including phenoxy) is 1. The second-order valence-electron chi connectivity index (χ2n) is 6.35. The molecule has 1 aliphatic carbocycles. The summed E-state index contributed by atoms with van der Waals surface area (Å²) in [6, 6.07) is 5.67. The highest BCUT2D eigenvalue weighted by Gasteiger charge is 2.42. The molecule has 3 heteroatoms. The van der Waals surface area contributed by atoms with Gasteiger partial charge in [0, 0.05) is 12.6 Å². The fraction of sp³-hybridized carbons (Fsp3) is 0.647. The van der Waals surface area contributed by atoms with E-state index < -0.39 is 0 Å². The van der Waals surface area contributed by atoms with Crippen molar-refractivity contribution < 1.29 is 9.13 Å². The normalized spacial score (nSPS) is 24.6. The summed E-state index contributed by atoms with van der Waals surface area (Å²) in [4.78, 5) is 0. The lowest BCUT2D eigenvalue weighted by Crippen LogP contribution is -2.51. The van der Waals surface area contributed by atoms with Crippen molar-refractivity contribution >= 4 is 0 Å². The van der Waals surface area contributed by atoms with Crippen LogP contribution in [-0.4, -0.2) is 24.8 Å². The molecule has 1 aliphatic heterocycles. The number of halogens is 1. The van der Waals surface area contributed by atoms with E-state index in [-0.39, 0.29) is 11.4 Å². The summed E-state index contributed by atoms with van der Waals surface area (Å²) < 4.78 is 19.0. The molecule has 3 rings (SSSR count). The maximum Gasteiger partial charge on any atom is 0.123 e. The Kier molecular flexibility index (Phi) is 4.08. The van der Waals surface area contributed by atoms with Gasteiger partial charge in [-0.15, -0.1) is 0 Å². The van der Waals surface area contributed by atoms with Gasteiger partial charge in [-0.25, -0.2) is 4.39 Å². The van der Waals surface area contributed by atoms with Gasteiger partial charge < -0.3 is 10.1 Å². The van der Waals surface area contributed by atoms with E-state index in [9.17, 15) is 4.39 Å². The van der Waals surface area contributed by atoms with E-state index in [1.54, 1.807) is 12.1 Å². The van der Waals surface area contributed by atoms with Gasteiger partial charge in [0.1, 0.15) is 5.82 Å². The van der Waals surface area contributed by atoms with Gasteiger partial charge in [0.25, 0.3) is 0 Å². The Morgan fingerprint density at radius 3 is 2.95 bits per heavy atom. The summed E-state index contributed by atoms with van der Waals surface area (Å²) in [5.41, 5.74) is 2.50. The molecule has 2 aliphatic rings. The highest BCUT2D eigenvalue weighted by atomic mass is 19.1. The highest BCUT2D eigenvalue weighted by molar-refractivity contribution is 5.26. The van der Waals surface area contributed by atoms with Crippen molar-refractivity contribution in [1.29, 1.82) is 0 Å². The average Bonchev–Trinajstić information content (AvgIpc) is 2.40. The van der Waals surface area contributed by atoms with Crippen LogP contribution in [0.3, 0.4) is 0 Å².